The summed E-state index contributed by atoms with van der Waals surface area (Å²) in [4.78, 5) is 12.7. The number of nitrogens with one attached hydrogen (secondary N) is 1. The maximum absolute atomic E-state index is 13.2. The number of hydrogen-bond donors (Lipinski definition) is 1. The summed E-state index contributed by atoms with van der Waals surface area (Å²) < 4.78 is 32.6. The second-order valence-corrected chi connectivity index (χ2v) is 7.27. The Morgan fingerprint density at radius 3 is 2.88 bits per heavy atom. The molecule has 126 valence electrons. The van der Waals surface area contributed by atoms with Gasteiger partial charge in [0.25, 0.3) is 0 Å². The molecule has 1 amide bonds. The molecule has 1 N–H and O–H groups in total. The number of carbonyl (C=O) groups excluding carboxylic acids is 1. The molecule has 1 heterocycles. The predicted molar refractivity (Wildman–Crippen MR) is 92.2 cm³/mol. The minimum atomic E-state index is -0.913. The third-order valence-corrected chi connectivity index (χ3v) is 5.09. The van der Waals surface area contributed by atoms with Gasteiger partial charge in [-0.2, -0.15) is 0 Å². The first-order chi connectivity index (χ1) is 11.5. The van der Waals surface area contributed by atoms with Crippen LogP contribution in [0.5, 0.6) is 5.75 Å². The smallest absolute Gasteiger partial charge is 0.230 e. The maximum Gasteiger partial charge on any atom is 0.230 e. The summed E-state index contributed by atoms with van der Waals surface area (Å²) >= 11 is 4.58. The van der Waals surface area contributed by atoms with Gasteiger partial charge in [0.05, 0.1) is 18.4 Å². The molecule has 1 atom stereocenters. The van der Waals surface area contributed by atoms with Crippen molar-refractivity contribution in [3.63, 3.8) is 0 Å². The SMILES string of the molecule is O=C(CSc1ccc(F)c(F)c1)NC1CCOc2ccc(Br)cc21. The molecule has 1 aliphatic heterocycles. The molecule has 3 nitrogen and oxygen atoms in total. The predicted octanol–water partition coefficient (Wildman–Crippen LogP) is 4.46. The number of rotatable bonds is 4. The Balaban J connectivity index is 1.61. The zero-order chi connectivity index (χ0) is 17.1. The first-order valence-electron chi connectivity index (χ1n) is 7.32. The molecule has 0 fully saturated rings. The Hall–Kier alpha value is -1.60. The van der Waals surface area contributed by atoms with Gasteiger partial charge >= 0.3 is 0 Å². The molecule has 7 heteroatoms. The number of hydrogen-bond acceptors (Lipinski definition) is 3. The number of amides is 1. The standard InChI is InChI=1S/C17H14BrF2NO2S/c18-10-1-4-16-12(7-10)15(5-6-23-16)21-17(22)9-24-11-2-3-13(19)14(20)8-11/h1-4,7-8,15H,5-6,9H2,(H,21,22). The molecule has 0 aliphatic carbocycles. The molecule has 0 saturated heterocycles. The molecule has 2 aromatic carbocycles. The molecule has 0 aromatic heterocycles. The topological polar surface area (TPSA) is 38.3 Å². The van der Waals surface area contributed by atoms with Crippen LogP contribution in [0.25, 0.3) is 0 Å². The van der Waals surface area contributed by atoms with Crippen LogP contribution >= 0.6 is 27.7 Å². The van der Waals surface area contributed by atoms with E-state index in [2.05, 4.69) is 21.2 Å². The summed E-state index contributed by atoms with van der Waals surface area (Å²) in [5.41, 5.74) is 0.932. The van der Waals surface area contributed by atoms with Crippen molar-refractivity contribution in [1.82, 2.24) is 5.32 Å². The van der Waals surface area contributed by atoms with Crippen LogP contribution in [-0.4, -0.2) is 18.3 Å². The molecule has 2 aromatic rings. The number of fused-ring (bicyclic) bond motifs is 1. The highest BCUT2D eigenvalue weighted by Crippen LogP contribution is 2.34. The van der Waals surface area contributed by atoms with Crippen LogP contribution in [0, 0.1) is 11.6 Å². The Labute approximate surface area is 150 Å². The van der Waals surface area contributed by atoms with E-state index in [9.17, 15) is 13.6 Å². The molecule has 24 heavy (non-hydrogen) atoms. The van der Waals surface area contributed by atoms with E-state index in [1.807, 2.05) is 18.2 Å². The molecular weight excluding hydrogens is 400 g/mol. The molecule has 1 aliphatic rings. The zero-order valence-electron chi connectivity index (χ0n) is 12.5. The van der Waals surface area contributed by atoms with Crippen LogP contribution in [-0.2, 0) is 4.79 Å². The van der Waals surface area contributed by atoms with Crippen LogP contribution in [0.2, 0.25) is 0 Å². The van der Waals surface area contributed by atoms with Gasteiger partial charge in [-0.1, -0.05) is 15.9 Å². The van der Waals surface area contributed by atoms with E-state index in [0.717, 1.165) is 27.9 Å². The summed E-state index contributed by atoms with van der Waals surface area (Å²) in [6.45, 7) is 0.538. The summed E-state index contributed by atoms with van der Waals surface area (Å²) in [7, 11) is 0. The van der Waals surface area contributed by atoms with Crippen molar-refractivity contribution in [3.05, 3.63) is 58.1 Å². The quantitative estimate of drug-likeness (QED) is 0.751. The van der Waals surface area contributed by atoms with E-state index >= 15 is 0 Å². The number of halogens is 3. The van der Waals surface area contributed by atoms with Gasteiger partial charge in [-0.05, 0) is 36.4 Å². The Morgan fingerprint density at radius 1 is 1.25 bits per heavy atom. The molecule has 0 spiro atoms. The summed E-state index contributed by atoms with van der Waals surface area (Å²) in [6, 6.07) is 9.18. The molecular formula is C17H14BrF2NO2S. The minimum Gasteiger partial charge on any atom is -0.493 e. The van der Waals surface area contributed by atoms with Crippen molar-refractivity contribution in [2.75, 3.05) is 12.4 Å². The van der Waals surface area contributed by atoms with Gasteiger partial charge in [0, 0.05) is 21.4 Å². The van der Waals surface area contributed by atoms with Gasteiger partial charge in [-0.25, -0.2) is 8.78 Å². The lowest BCUT2D eigenvalue weighted by atomic mass is 10.0. The highest BCUT2D eigenvalue weighted by atomic mass is 79.9. The van der Waals surface area contributed by atoms with Crippen molar-refractivity contribution in [3.8, 4) is 5.75 Å². The summed E-state index contributed by atoms with van der Waals surface area (Å²) in [6.07, 6.45) is 0.686. The van der Waals surface area contributed by atoms with Crippen LogP contribution in [0.1, 0.15) is 18.0 Å². The lowest BCUT2D eigenvalue weighted by Gasteiger charge is -2.27. The fourth-order valence-electron chi connectivity index (χ4n) is 2.47. The lowest BCUT2D eigenvalue weighted by molar-refractivity contribution is -0.119. The van der Waals surface area contributed by atoms with E-state index in [4.69, 9.17) is 4.74 Å². The third-order valence-electron chi connectivity index (χ3n) is 3.61. The minimum absolute atomic E-state index is 0.121. The van der Waals surface area contributed by atoms with Gasteiger partial charge in [0.15, 0.2) is 11.6 Å². The largest absolute Gasteiger partial charge is 0.493 e. The molecule has 0 saturated carbocycles. The third kappa shape index (κ3) is 4.08. The normalized spacial score (nSPS) is 16.2. The maximum atomic E-state index is 13.2. The Kier molecular flexibility index (Phi) is 5.40. The zero-order valence-corrected chi connectivity index (χ0v) is 14.9. The van der Waals surface area contributed by atoms with Gasteiger partial charge in [0.1, 0.15) is 5.75 Å². The van der Waals surface area contributed by atoms with Crippen LogP contribution in [0.3, 0.4) is 0 Å². The van der Waals surface area contributed by atoms with Gasteiger partial charge < -0.3 is 10.1 Å². The average Bonchev–Trinajstić information content (AvgIpc) is 2.56. The van der Waals surface area contributed by atoms with Crippen LogP contribution in [0.15, 0.2) is 45.8 Å². The van der Waals surface area contributed by atoms with E-state index < -0.39 is 11.6 Å². The van der Waals surface area contributed by atoms with Crippen molar-refractivity contribution >= 4 is 33.6 Å². The van der Waals surface area contributed by atoms with E-state index in [1.54, 1.807) is 0 Å². The molecule has 1 unspecified atom stereocenters. The fourth-order valence-corrected chi connectivity index (χ4v) is 3.58. The number of ether oxygens (including phenoxy) is 1. The van der Waals surface area contributed by atoms with Gasteiger partial charge in [0.2, 0.25) is 5.91 Å². The fraction of sp³-hybridized carbons (Fsp3) is 0.235. The Morgan fingerprint density at radius 2 is 2.08 bits per heavy atom. The highest BCUT2D eigenvalue weighted by Gasteiger charge is 2.23. The molecule has 3 rings (SSSR count). The molecule has 0 bridgehead atoms. The van der Waals surface area contributed by atoms with Crippen LogP contribution < -0.4 is 10.1 Å². The average molecular weight is 414 g/mol. The Bertz CT molecular complexity index is 772. The monoisotopic (exact) mass is 413 g/mol. The lowest BCUT2D eigenvalue weighted by Crippen LogP contribution is -2.33. The van der Waals surface area contributed by atoms with E-state index in [1.165, 1.54) is 17.8 Å². The summed E-state index contributed by atoms with van der Waals surface area (Å²) in [5, 5.41) is 2.97. The van der Waals surface area contributed by atoms with Crippen LogP contribution in [0.4, 0.5) is 8.78 Å². The van der Waals surface area contributed by atoms with Gasteiger partial charge in [-0.3, -0.25) is 4.79 Å². The first kappa shape index (κ1) is 17.2. The van der Waals surface area contributed by atoms with Gasteiger partial charge in [-0.15, -0.1) is 11.8 Å². The van der Waals surface area contributed by atoms with Crippen molar-refractivity contribution < 1.29 is 18.3 Å². The number of carbonyl (C=O) groups is 1. The second kappa shape index (κ2) is 7.53. The van der Waals surface area contributed by atoms with Crippen molar-refractivity contribution in [2.24, 2.45) is 0 Å². The van der Waals surface area contributed by atoms with E-state index in [0.29, 0.717) is 17.9 Å². The second-order valence-electron chi connectivity index (χ2n) is 5.30. The van der Waals surface area contributed by atoms with E-state index in [-0.39, 0.29) is 17.7 Å². The summed E-state index contributed by atoms with van der Waals surface area (Å²) in [5.74, 6) is -1.08. The number of thioether (sulfide) groups is 1. The van der Waals surface area contributed by atoms with Crippen molar-refractivity contribution in [1.29, 1.82) is 0 Å². The highest BCUT2D eigenvalue weighted by molar-refractivity contribution is 9.10. The molecule has 0 radical (unpaired) electrons. The van der Waals surface area contributed by atoms with Crippen molar-refractivity contribution in [2.45, 2.75) is 17.4 Å². The number of benzene rings is 2. The first-order valence-corrected chi connectivity index (χ1v) is 9.10.